The highest BCUT2D eigenvalue weighted by molar-refractivity contribution is 5.36. The molecular formula is C13H22N4. The minimum Gasteiger partial charge on any atom is -0.367 e. The van der Waals surface area contributed by atoms with Crippen LogP contribution in [0, 0.1) is 0 Å². The van der Waals surface area contributed by atoms with Crippen molar-refractivity contribution in [1.29, 1.82) is 0 Å². The molecule has 2 rings (SSSR count). The summed E-state index contributed by atoms with van der Waals surface area (Å²) in [5, 5.41) is 6.87. The molecule has 1 aliphatic carbocycles. The quantitative estimate of drug-likeness (QED) is 0.836. The first-order valence-corrected chi connectivity index (χ1v) is 6.56. The minimum atomic E-state index is 0.569. The van der Waals surface area contributed by atoms with Crippen LogP contribution < -0.4 is 10.6 Å². The third-order valence-corrected chi connectivity index (χ3v) is 3.57. The minimum absolute atomic E-state index is 0.569. The fourth-order valence-corrected chi connectivity index (χ4v) is 2.41. The van der Waals surface area contributed by atoms with E-state index >= 15 is 0 Å². The van der Waals surface area contributed by atoms with Crippen molar-refractivity contribution in [2.75, 3.05) is 12.4 Å². The van der Waals surface area contributed by atoms with Crippen LogP contribution in [-0.2, 0) is 6.42 Å². The lowest BCUT2D eigenvalue weighted by Gasteiger charge is -2.29. The smallest absolute Gasteiger partial charge is 0.129 e. The number of rotatable bonds is 4. The normalized spacial score (nSPS) is 24.6. The molecule has 1 heterocycles. The van der Waals surface area contributed by atoms with Crippen LogP contribution in [0.1, 0.15) is 38.3 Å². The molecule has 0 spiro atoms. The van der Waals surface area contributed by atoms with Gasteiger partial charge in [0.05, 0.1) is 0 Å². The van der Waals surface area contributed by atoms with Crippen LogP contribution in [0.15, 0.2) is 12.4 Å². The number of hydrogen-bond acceptors (Lipinski definition) is 4. The summed E-state index contributed by atoms with van der Waals surface area (Å²) in [7, 11) is 2.05. The van der Waals surface area contributed by atoms with Gasteiger partial charge in [0.15, 0.2) is 0 Å². The van der Waals surface area contributed by atoms with Crippen molar-refractivity contribution in [2.45, 2.75) is 51.1 Å². The SMILES string of the molecule is CCc1cc(N[C@H]2CC[C@H](NC)CC2)ncn1. The summed E-state index contributed by atoms with van der Waals surface area (Å²) in [5.74, 6) is 0.977. The summed E-state index contributed by atoms with van der Waals surface area (Å²) in [6, 6.07) is 3.33. The summed E-state index contributed by atoms with van der Waals surface area (Å²) < 4.78 is 0. The molecule has 4 heteroatoms. The Labute approximate surface area is 103 Å². The van der Waals surface area contributed by atoms with Gasteiger partial charge in [0.2, 0.25) is 0 Å². The fraction of sp³-hybridized carbons (Fsp3) is 0.692. The van der Waals surface area contributed by atoms with Crippen molar-refractivity contribution < 1.29 is 0 Å². The first kappa shape index (κ1) is 12.3. The number of nitrogens with one attached hydrogen (secondary N) is 2. The average Bonchev–Trinajstić information content (AvgIpc) is 2.40. The molecule has 1 saturated carbocycles. The van der Waals surface area contributed by atoms with Gasteiger partial charge in [0.25, 0.3) is 0 Å². The molecule has 0 atom stereocenters. The highest BCUT2D eigenvalue weighted by atomic mass is 15.0. The first-order valence-electron chi connectivity index (χ1n) is 6.56. The molecule has 0 radical (unpaired) electrons. The Bertz CT molecular complexity index is 345. The van der Waals surface area contributed by atoms with Crippen LogP contribution in [-0.4, -0.2) is 29.1 Å². The van der Waals surface area contributed by atoms with E-state index in [2.05, 4.69) is 40.6 Å². The molecule has 1 aliphatic rings. The van der Waals surface area contributed by atoms with Crippen LogP contribution in [0.25, 0.3) is 0 Å². The second-order valence-electron chi connectivity index (χ2n) is 4.73. The number of aryl methyl sites for hydroxylation is 1. The first-order chi connectivity index (χ1) is 8.31. The van der Waals surface area contributed by atoms with E-state index in [0.29, 0.717) is 12.1 Å². The van der Waals surface area contributed by atoms with Crippen molar-refractivity contribution in [2.24, 2.45) is 0 Å². The molecule has 0 unspecified atom stereocenters. The van der Waals surface area contributed by atoms with Gasteiger partial charge in [-0.25, -0.2) is 9.97 Å². The average molecular weight is 234 g/mol. The molecular weight excluding hydrogens is 212 g/mol. The van der Waals surface area contributed by atoms with Gasteiger partial charge < -0.3 is 10.6 Å². The van der Waals surface area contributed by atoms with Crippen LogP contribution in [0.2, 0.25) is 0 Å². The summed E-state index contributed by atoms with van der Waals surface area (Å²) in [5.41, 5.74) is 1.10. The van der Waals surface area contributed by atoms with Gasteiger partial charge >= 0.3 is 0 Å². The number of anilines is 1. The zero-order valence-electron chi connectivity index (χ0n) is 10.7. The Balaban J connectivity index is 1.88. The molecule has 1 fully saturated rings. The topological polar surface area (TPSA) is 49.8 Å². The fourth-order valence-electron chi connectivity index (χ4n) is 2.41. The Hall–Kier alpha value is -1.16. The molecule has 0 bridgehead atoms. The number of nitrogens with zero attached hydrogens (tertiary/aromatic N) is 2. The predicted octanol–water partition coefficient (Wildman–Crippen LogP) is 1.98. The van der Waals surface area contributed by atoms with Crippen LogP contribution in [0.3, 0.4) is 0 Å². The lowest BCUT2D eigenvalue weighted by Crippen LogP contribution is -2.35. The Morgan fingerprint density at radius 2 is 1.88 bits per heavy atom. The maximum atomic E-state index is 4.28. The van der Waals surface area contributed by atoms with Crippen molar-refractivity contribution in [3.63, 3.8) is 0 Å². The summed E-state index contributed by atoms with van der Waals surface area (Å²) in [6.45, 7) is 2.12. The molecule has 0 amide bonds. The Morgan fingerprint density at radius 1 is 1.18 bits per heavy atom. The van der Waals surface area contributed by atoms with E-state index in [1.54, 1.807) is 6.33 Å². The maximum absolute atomic E-state index is 4.28. The van der Waals surface area contributed by atoms with Crippen molar-refractivity contribution in [1.82, 2.24) is 15.3 Å². The highest BCUT2D eigenvalue weighted by Gasteiger charge is 2.19. The van der Waals surface area contributed by atoms with Gasteiger partial charge in [-0.05, 0) is 39.2 Å². The predicted molar refractivity (Wildman–Crippen MR) is 70.1 cm³/mol. The summed E-state index contributed by atoms with van der Waals surface area (Å²) in [6.07, 6.45) is 7.55. The van der Waals surface area contributed by atoms with Crippen molar-refractivity contribution in [3.8, 4) is 0 Å². The van der Waals surface area contributed by atoms with Crippen LogP contribution in [0.5, 0.6) is 0 Å². The monoisotopic (exact) mass is 234 g/mol. The van der Waals surface area contributed by atoms with Gasteiger partial charge in [-0.1, -0.05) is 6.92 Å². The third-order valence-electron chi connectivity index (χ3n) is 3.57. The van der Waals surface area contributed by atoms with E-state index in [9.17, 15) is 0 Å². The zero-order chi connectivity index (χ0) is 12.1. The van der Waals surface area contributed by atoms with Gasteiger partial charge in [-0.15, -0.1) is 0 Å². The van der Waals surface area contributed by atoms with E-state index in [4.69, 9.17) is 0 Å². The number of aromatic nitrogens is 2. The van der Waals surface area contributed by atoms with E-state index in [-0.39, 0.29) is 0 Å². The molecule has 1 aromatic heterocycles. The van der Waals surface area contributed by atoms with E-state index in [0.717, 1.165) is 17.9 Å². The highest BCUT2D eigenvalue weighted by Crippen LogP contribution is 2.21. The van der Waals surface area contributed by atoms with Gasteiger partial charge in [0, 0.05) is 23.8 Å². The van der Waals surface area contributed by atoms with Gasteiger partial charge in [-0.2, -0.15) is 0 Å². The summed E-state index contributed by atoms with van der Waals surface area (Å²) in [4.78, 5) is 8.50. The molecule has 0 aliphatic heterocycles. The van der Waals surface area contributed by atoms with E-state index < -0.39 is 0 Å². The standard InChI is InChI=1S/C13H22N4/c1-3-10-8-13(16-9-15-10)17-12-6-4-11(14-2)5-7-12/h8-9,11-12,14H,3-7H2,1-2H3,(H,15,16,17)/t11-,12-. The number of hydrogen-bond donors (Lipinski definition) is 2. The molecule has 0 aromatic carbocycles. The Morgan fingerprint density at radius 3 is 2.53 bits per heavy atom. The molecule has 94 valence electrons. The molecule has 1 aromatic rings. The second-order valence-corrected chi connectivity index (χ2v) is 4.73. The summed E-state index contributed by atoms with van der Waals surface area (Å²) >= 11 is 0. The second kappa shape index (κ2) is 5.96. The van der Waals surface area contributed by atoms with E-state index in [1.807, 2.05) is 0 Å². The third kappa shape index (κ3) is 3.40. The lowest BCUT2D eigenvalue weighted by molar-refractivity contribution is 0.371. The zero-order valence-corrected chi connectivity index (χ0v) is 10.7. The van der Waals surface area contributed by atoms with Crippen LogP contribution >= 0.6 is 0 Å². The van der Waals surface area contributed by atoms with Crippen molar-refractivity contribution >= 4 is 5.82 Å². The molecule has 2 N–H and O–H groups in total. The lowest BCUT2D eigenvalue weighted by atomic mass is 9.91. The Kier molecular flexibility index (Phi) is 4.31. The van der Waals surface area contributed by atoms with Crippen LogP contribution in [0.4, 0.5) is 5.82 Å². The maximum Gasteiger partial charge on any atom is 0.129 e. The van der Waals surface area contributed by atoms with Gasteiger partial charge in [-0.3, -0.25) is 0 Å². The largest absolute Gasteiger partial charge is 0.367 e. The molecule has 4 nitrogen and oxygen atoms in total. The van der Waals surface area contributed by atoms with E-state index in [1.165, 1.54) is 25.7 Å². The molecule has 17 heavy (non-hydrogen) atoms. The molecule has 0 saturated heterocycles. The van der Waals surface area contributed by atoms with Crippen molar-refractivity contribution in [3.05, 3.63) is 18.1 Å². The van der Waals surface area contributed by atoms with Gasteiger partial charge in [0.1, 0.15) is 12.1 Å².